The minimum absolute atomic E-state index is 0.234. The number of aryl methyl sites for hydroxylation is 1. The third-order valence-electron chi connectivity index (χ3n) is 2.29. The van der Waals surface area contributed by atoms with Gasteiger partial charge in [-0.25, -0.2) is 0 Å². The fourth-order valence-corrected chi connectivity index (χ4v) is 1.60. The Bertz CT molecular complexity index is 595. The van der Waals surface area contributed by atoms with Crippen molar-refractivity contribution >= 4 is 0 Å². The molecule has 0 saturated heterocycles. The van der Waals surface area contributed by atoms with E-state index in [0.29, 0.717) is 5.69 Å². The molecule has 1 aromatic heterocycles. The molecule has 0 N–H and O–H groups in total. The maximum Gasteiger partial charge on any atom is 0.506 e. The Balaban J connectivity index is 2.66. The Kier molecular flexibility index (Phi) is 2.57. The van der Waals surface area contributed by atoms with Crippen LogP contribution in [0.25, 0.3) is 5.69 Å². The van der Waals surface area contributed by atoms with Crippen LogP contribution in [0, 0.1) is 6.92 Å². The molecule has 0 amide bonds. The van der Waals surface area contributed by atoms with E-state index in [1.54, 1.807) is 25.1 Å². The van der Waals surface area contributed by atoms with Crippen LogP contribution in [-0.2, 0) is 6.30 Å². The lowest BCUT2D eigenvalue weighted by Crippen LogP contribution is -2.32. The van der Waals surface area contributed by atoms with Gasteiger partial charge in [-0.05, 0) is 24.6 Å². The Hall–Kier alpha value is -1.98. The molecule has 2 aromatic rings. The van der Waals surface area contributed by atoms with E-state index in [-0.39, 0.29) is 4.68 Å². The van der Waals surface area contributed by atoms with Crippen molar-refractivity contribution in [2.45, 2.75) is 13.2 Å². The fourth-order valence-electron chi connectivity index (χ4n) is 1.60. The zero-order valence-electron chi connectivity index (χ0n) is 8.90. The summed E-state index contributed by atoms with van der Waals surface area (Å²) >= 11 is 0. The predicted octanol–water partition coefficient (Wildman–Crippen LogP) is 2.42. The van der Waals surface area contributed by atoms with E-state index in [4.69, 9.17) is 0 Å². The van der Waals surface area contributed by atoms with E-state index < -0.39 is 11.9 Å². The third kappa shape index (κ3) is 2.11. The second kappa shape index (κ2) is 3.80. The highest BCUT2D eigenvalue weighted by atomic mass is 19.4. The lowest BCUT2D eigenvalue weighted by atomic mass is 10.2. The molecule has 0 aliphatic heterocycles. The molecular weight excluding hydrogens is 233 g/mol. The van der Waals surface area contributed by atoms with E-state index in [2.05, 4.69) is 0 Å². The lowest BCUT2D eigenvalue weighted by Gasteiger charge is -2.14. The molecule has 17 heavy (non-hydrogen) atoms. The molecule has 0 fully saturated rings. The van der Waals surface area contributed by atoms with E-state index in [9.17, 15) is 18.0 Å². The first-order chi connectivity index (χ1) is 7.89. The summed E-state index contributed by atoms with van der Waals surface area (Å²) in [4.78, 5) is 11.2. The molecule has 3 nitrogen and oxygen atoms in total. The molecule has 1 aromatic carbocycles. The average Bonchev–Trinajstić information content (AvgIpc) is 2.59. The van der Waals surface area contributed by atoms with E-state index in [0.717, 1.165) is 22.5 Å². The van der Waals surface area contributed by atoms with Crippen LogP contribution in [-0.4, -0.2) is 9.36 Å². The van der Waals surface area contributed by atoms with Gasteiger partial charge in [0.15, 0.2) is 0 Å². The molecule has 90 valence electrons. The first-order valence-corrected chi connectivity index (χ1v) is 4.84. The van der Waals surface area contributed by atoms with Gasteiger partial charge < -0.3 is 0 Å². The number of rotatable bonds is 1. The van der Waals surface area contributed by atoms with Crippen molar-refractivity contribution in [2.24, 2.45) is 0 Å². The average molecular weight is 242 g/mol. The van der Waals surface area contributed by atoms with Crippen LogP contribution in [0.4, 0.5) is 13.2 Å². The summed E-state index contributed by atoms with van der Waals surface area (Å²) in [5.74, 6) is 0. The summed E-state index contributed by atoms with van der Waals surface area (Å²) in [7, 11) is 0. The van der Waals surface area contributed by atoms with Crippen LogP contribution >= 0.6 is 0 Å². The van der Waals surface area contributed by atoms with E-state index >= 15 is 0 Å². The van der Waals surface area contributed by atoms with Gasteiger partial charge in [-0.2, -0.15) is 4.68 Å². The van der Waals surface area contributed by atoms with Crippen LogP contribution in [0.2, 0.25) is 0 Å². The number of alkyl halides is 3. The highest BCUT2D eigenvalue weighted by Crippen LogP contribution is 2.22. The Morgan fingerprint density at radius 3 is 2.47 bits per heavy atom. The van der Waals surface area contributed by atoms with Crippen LogP contribution in [0.1, 0.15) is 5.56 Å². The number of hydrogen-bond acceptors (Lipinski definition) is 1. The molecular formula is C11H9F3N2O. The van der Waals surface area contributed by atoms with Crippen LogP contribution in [0.3, 0.4) is 0 Å². The first kappa shape index (κ1) is 11.5. The monoisotopic (exact) mass is 242 g/mol. The topological polar surface area (TPSA) is 26.9 Å². The molecule has 0 spiro atoms. The first-order valence-electron chi connectivity index (χ1n) is 4.84. The summed E-state index contributed by atoms with van der Waals surface area (Å²) in [6, 6.07) is 7.37. The summed E-state index contributed by atoms with van der Waals surface area (Å²) < 4.78 is 38.6. The Labute approximate surface area is 94.7 Å². The highest BCUT2D eigenvalue weighted by Gasteiger charge is 2.35. The van der Waals surface area contributed by atoms with Crippen molar-refractivity contribution in [2.75, 3.05) is 0 Å². The zero-order valence-corrected chi connectivity index (χ0v) is 8.90. The molecule has 0 radical (unpaired) electrons. The third-order valence-corrected chi connectivity index (χ3v) is 2.29. The van der Waals surface area contributed by atoms with Crippen LogP contribution in [0.15, 0.2) is 41.3 Å². The highest BCUT2D eigenvalue weighted by molar-refractivity contribution is 5.34. The fraction of sp³-hybridized carbons (Fsp3) is 0.182. The van der Waals surface area contributed by atoms with Gasteiger partial charge in [-0.3, -0.25) is 9.48 Å². The maximum absolute atomic E-state index is 12.7. The van der Waals surface area contributed by atoms with Gasteiger partial charge in [0.1, 0.15) is 0 Å². The van der Waals surface area contributed by atoms with E-state index in [1.807, 2.05) is 0 Å². The Morgan fingerprint density at radius 2 is 1.88 bits per heavy atom. The van der Waals surface area contributed by atoms with Crippen molar-refractivity contribution in [1.29, 1.82) is 0 Å². The van der Waals surface area contributed by atoms with Gasteiger partial charge in [0.05, 0.1) is 5.69 Å². The molecule has 1 heterocycles. The van der Waals surface area contributed by atoms with Crippen molar-refractivity contribution in [3.05, 3.63) is 52.4 Å². The largest absolute Gasteiger partial charge is 0.506 e. The number of aromatic nitrogens is 2. The van der Waals surface area contributed by atoms with Gasteiger partial charge >= 0.3 is 6.30 Å². The zero-order chi connectivity index (χ0) is 12.6. The second-order valence-corrected chi connectivity index (χ2v) is 3.62. The minimum atomic E-state index is -4.73. The van der Waals surface area contributed by atoms with Crippen molar-refractivity contribution in [3.63, 3.8) is 0 Å². The molecule has 0 unspecified atom stereocenters. The smallest absolute Gasteiger partial charge is 0.268 e. The molecule has 2 rings (SSSR count). The van der Waals surface area contributed by atoms with Gasteiger partial charge in [-0.15, -0.1) is 13.2 Å². The van der Waals surface area contributed by atoms with Crippen LogP contribution in [0.5, 0.6) is 0 Å². The number of hydrogen-bond donors (Lipinski definition) is 0. The molecule has 0 aliphatic rings. The van der Waals surface area contributed by atoms with Crippen molar-refractivity contribution in [1.82, 2.24) is 9.36 Å². The molecule has 0 bridgehead atoms. The lowest BCUT2D eigenvalue weighted by molar-refractivity contribution is -0.218. The molecule has 0 saturated carbocycles. The number of nitrogens with zero attached hydrogens (tertiary/aromatic N) is 2. The Morgan fingerprint density at radius 1 is 1.18 bits per heavy atom. The minimum Gasteiger partial charge on any atom is -0.268 e. The summed E-state index contributed by atoms with van der Waals surface area (Å²) in [5, 5.41) is 0. The van der Waals surface area contributed by atoms with Gasteiger partial charge in [-0.1, -0.05) is 12.1 Å². The van der Waals surface area contributed by atoms with E-state index in [1.165, 1.54) is 6.07 Å². The molecule has 0 atom stereocenters. The maximum atomic E-state index is 12.7. The van der Waals surface area contributed by atoms with Gasteiger partial charge in [0.25, 0.3) is 5.56 Å². The van der Waals surface area contributed by atoms with Crippen molar-refractivity contribution in [3.8, 4) is 5.69 Å². The van der Waals surface area contributed by atoms with Crippen LogP contribution < -0.4 is 5.56 Å². The summed E-state index contributed by atoms with van der Waals surface area (Å²) in [5.41, 5.74) is 0.0146. The quantitative estimate of drug-likeness (QED) is 0.754. The normalized spacial score (nSPS) is 11.8. The van der Waals surface area contributed by atoms with Crippen molar-refractivity contribution < 1.29 is 13.2 Å². The number of halogens is 3. The summed E-state index contributed by atoms with van der Waals surface area (Å²) in [6.45, 7) is 1.77. The summed E-state index contributed by atoms with van der Waals surface area (Å²) in [6.07, 6.45) is -3.63. The second-order valence-electron chi connectivity index (χ2n) is 3.62. The van der Waals surface area contributed by atoms with Gasteiger partial charge in [0, 0.05) is 12.3 Å². The molecule has 6 heteroatoms. The molecule has 0 aliphatic carbocycles. The standard InChI is InChI=1S/C11H9F3N2O/c1-8-3-2-4-9(7-8)15-6-5-10(17)16(15)11(12,13)14/h2-7H,1H3. The number of benzene rings is 1. The predicted molar refractivity (Wildman–Crippen MR) is 56.1 cm³/mol. The SMILES string of the molecule is Cc1cccc(-n2ccc(=O)n2C(F)(F)F)c1. The van der Waals surface area contributed by atoms with Gasteiger partial charge in [0.2, 0.25) is 0 Å².